The van der Waals surface area contributed by atoms with Gasteiger partial charge in [-0.05, 0) is 45.1 Å². The van der Waals surface area contributed by atoms with Gasteiger partial charge in [0.05, 0.1) is 11.8 Å². The molecule has 1 fully saturated rings. The Morgan fingerprint density at radius 3 is 2.68 bits per heavy atom. The van der Waals surface area contributed by atoms with Crippen LogP contribution in [-0.4, -0.2) is 38.5 Å². The molecule has 0 bridgehead atoms. The van der Waals surface area contributed by atoms with Crippen molar-refractivity contribution >= 4 is 11.8 Å². The van der Waals surface area contributed by atoms with Crippen LogP contribution in [0.25, 0.3) is 0 Å². The molecule has 1 unspecified atom stereocenters. The summed E-state index contributed by atoms with van der Waals surface area (Å²) < 4.78 is 1.97. The third-order valence-corrected chi connectivity index (χ3v) is 4.80. The minimum atomic E-state index is -0.520. The smallest absolute Gasteiger partial charge is 0.0787 e. The zero-order chi connectivity index (χ0) is 13.9. The quantitative estimate of drug-likeness (QED) is 0.871. The summed E-state index contributed by atoms with van der Waals surface area (Å²) in [5.41, 5.74) is 0.663. The van der Waals surface area contributed by atoms with Gasteiger partial charge < -0.3 is 10.4 Å². The Kier molecular flexibility index (Phi) is 4.92. The molecule has 1 aromatic rings. The fourth-order valence-corrected chi connectivity index (χ4v) is 3.50. The van der Waals surface area contributed by atoms with Gasteiger partial charge in [0.2, 0.25) is 0 Å². The molecule has 0 aliphatic carbocycles. The molecule has 0 amide bonds. The fraction of sp³-hybridized carbons (Fsp3) is 0.786. The summed E-state index contributed by atoms with van der Waals surface area (Å²) in [6, 6.07) is 0.617. The predicted molar refractivity (Wildman–Crippen MR) is 80.5 cm³/mol. The molecule has 2 rings (SSSR count). The Morgan fingerprint density at radius 1 is 1.42 bits per heavy atom. The number of rotatable bonds is 5. The molecule has 1 aliphatic heterocycles. The Balaban J connectivity index is 1.87. The fourth-order valence-electron chi connectivity index (χ4n) is 2.25. The second kappa shape index (κ2) is 6.29. The first-order valence-electron chi connectivity index (χ1n) is 7.08. The molecule has 1 aliphatic rings. The number of hydrogen-bond acceptors (Lipinski definition) is 4. The van der Waals surface area contributed by atoms with Crippen molar-refractivity contribution < 1.29 is 5.11 Å². The van der Waals surface area contributed by atoms with Gasteiger partial charge in [0.1, 0.15) is 0 Å². The van der Waals surface area contributed by atoms with Crippen molar-refractivity contribution in [2.24, 2.45) is 0 Å². The minimum Gasteiger partial charge on any atom is -0.389 e. The zero-order valence-corrected chi connectivity index (χ0v) is 12.9. The maximum atomic E-state index is 10.5. The van der Waals surface area contributed by atoms with E-state index in [4.69, 9.17) is 0 Å². The van der Waals surface area contributed by atoms with E-state index in [-0.39, 0.29) is 6.04 Å². The third-order valence-electron chi connectivity index (χ3n) is 3.81. The van der Waals surface area contributed by atoms with E-state index >= 15 is 0 Å². The molecule has 5 heteroatoms. The lowest BCUT2D eigenvalue weighted by Crippen LogP contribution is -2.44. The van der Waals surface area contributed by atoms with Crippen LogP contribution in [0.4, 0.5) is 0 Å². The summed E-state index contributed by atoms with van der Waals surface area (Å²) in [5, 5.41) is 18.3. The molecule has 1 atom stereocenters. The average Bonchev–Trinajstić information content (AvgIpc) is 2.87. The lowest BCUT2D eigenvalue weighted by molar-refractivity contribution is 0.0300. The molecular formula is C14H25N3OS. The van der Waals surface area contributed by atoms with Gasteiger partial charge in [-0.2, -0.15) is 16.9 Å². The first-order valence-corrected chi connectivity index (χ1v) is 8.23. The van der Waals surface area contributed by atoms with Crippen molar-refractivity contribution in [1.29, 1.82) is 0 Å². The van der Waals surface area contributed by atoms with Crippen molar-refractivity contribution in [3.05, 3.63) is 18.0 Å². The Bertz CT molecular complexity index is 399. The molecule has 4 nitrogen and oxygen atoms in total. The number of hydrogen-bond donors (Lipinski definition) is 2. The van der Waals surface area contributed by atoms with Crippen LogP contribution in [0.1, 0.15) is 51.3 Å². The molecule has 2 N–H and O–H groups in total. The van der Waals surface area contributed by atoms with Crippen molar-refractivity contribution in [2.45, 2.75) is 51.3 Å². The highest BCUT2D eigenvalue weighted by atomic mass is 32.2. The first-order chi connectivity index (χ1) is 9.00. The number of nitrogens with one attached hydrogen (secondary N) is 1. The molecule has 0 saturated carbocycles. The highest BCUT2D eigenvalue weighted by Gasteiger charge is 2.29. The van der Waals surface area contributed by atoms with Crippen LogP contribution < -0.4 is 5.32 Å². The van der Waals surface area contributed by atoms with Crippen molar-refractivity contribution in [2.75, 3.05) is 18.1 Å². The summed E-state index contributed by atoms with van der Waals surface area (Å²) in [6.07, 6.45) is 5.78. The van der Waals surface area contributed by atoms with Crippen molar-refractivity contribution in [1.82, 2.24) is 15.1 Å². The Hall–Kier alpha value is -0.520. The Morgan fingerprint density at radius 2 is 2.11 bits per heavy atom. The average molecular weight is 283 g/mol. The predicted octanol–water partition coefficient (Wildman–Crippen LogP) is 2.37. The molecule has 0 spiro atoms. The summed E-state index contributed by atoms with van der Waals surface area (Å²) in [6.45, 7) is 7.04. The lowest BCUT2D eigenvalue weighted by atomic mass is 9.96. The summed E-state index contributed by atoms with van der Waals surface area (Å²) >= 11 is 1.93. The molecular weight excluding hydrogens is 258 g/mol. The SMILES string of the molecule is CC(NCC1(O)CCSCC1)c1cnn(C(C)C)c1. The van der Waals surface area contributed by atoms with Gasteiger partial charge in [0, 0.05) is 30.4 Å². The normalized spacial score (nSPS) is 20.7. The summed E-state index contributed by atoms with van der Waals surface area (Å²) in [7, 11) is 0. The monoisotopic (exact) mass is 283 g/mol. The number of nitrogens with zero attached hydrogens (tertiary/aromatic N) is 2. The van der Waals surface area contributed by atoms with Gasteiger partial charge in [0.15, 0.2) is 0 Å². The van der Waals surface area contributed by atoms with Gasteiger partial charge in [0.25, 0.3) is 0 Å². The van der Waals surface area contributed by atoms with E-state index < -0.39 is 5.60 Å². The van der Waals surface area contributed by atoms with Crippen LogP contribution >= 0.6 is 11.8 Å². The van der Waals surface area contributed by atoms with Crippen molar-refractivity contribution in [3.63, 3.8) is 0 Å². The number of thioether (sulfide) groups is 1. The molecule has 0 aromatic carbocycles. The maximum Gasteiger partial charge on any atom is 0.0787 e. The van der Waals surface area contributed by atoms with E-state index in [0.29, 0.717) is 12.6 Å². The van der Waals surface area contributed by atoms with E-state index in [2.05, 4.69) is 37.4 Å². The van der Waals surface area contributed by atoms with Crippen LogP contribution in [-0.2, 0) is 0 Å². The van der Waals surface area contributed by atoms with Crippen LogP contribution in [0.3, 0.4) is 0 Å². The van der Waals surface area contributed by atoms with Gasteiger partial charge in [-0.1, -0.05) is 0 Å². The lowest BCUT2D eigenvalue weighted by Gasteiger charge is -2.33. The van der Waals surface area contributed by atoms with Crippen molar-refractivity contribution in [3.8, 4) is 0 Å². The largest absolute Gasteiger partial charge is 0.389 e. The van der Waals surface area contributed by atoms with E-state index in [1.807, 2.05) is 22.6 Å². The topological polar surface area (TPSA) is 50.1 Å². The molecule has 2 heterocycles. The van der Waals surface area contributed by atoms with E-state index in [1.165, 1.54) is 5.56 Å². The third kappa shape index (κ3) is 3.97. The molecule has 1 saturated heterocycles. The van der Waals surface area contributed by atoms with E-state index in [1.54, 1.807) is 0 Å². The maximum absolute atomic E-state index is 10.5. The molecule has 0 radical (unpaired) electrons. The second-order valence-electron chi connectivity index (χ2n) is 5.79. The summed E-state index contributed by atoms with van der Waals surface area (Å²) in [4.78, 5) is 0. The standard InChI is InChI=1S/C14H25N3OS/c1-11(2)17-9-13(8-16-17)12(3)15-10-14(18)4-6-19-7-5-14/h8-9,11-12,15,18H,4-7,10H2,1-3H3. The zero-order valence-electron chi connectivity index (χ0n) is 12.1. The highest BCUT2D eigenvalue weighted by molar-refractivity contribution is 7.99. The highest BCUT2D eigenvalue weighted by Crippen LogP contribution is 2.27. The molecule has 1 aromatic heterocycles. The van der Waals surface area contributed by atoms with Gasteiger partial charge >= 0.3 is 0 Å². The number of aromatic nitrogens is 2. The molecule has 19 heavy (non-hydrogen) atoms. The van der Waals surface area contributed by atoms with Crippen LogP contribution in [0.5, 0.6) is 0 Å². The van der Waals surface area contributed by atoms with Gasteiger partial charge in [-0.25, -0.2) is 0 Å². The number of aliphatic hydroxyl groups is 1. The van der Waals surface area contributed by atoms with Crippen LogP contribution in [0, 0.1) is 0 Å². The van der Waals surface area contributed by atoms with Crippen LogP contribution in [0.15, 0.2) is 12.4 Å². The summed E-state index contributed by atoms with van der Waals surface area (Å²) in [5.74, 6) is 2.13. The van der Waals surface area contributed by atoms with E-state index in [0.717, 1.165) is 24.3 Å². The van der Waals surface area contributed by atoms with Crippen LogP contribution in [0.2, 0.25) is 0 Å². The Labute approximate surface area is 120 Å². The van der Waals surface area contributed by atoms with Gasteiger partial charge in [-0.15, -0.1) is 0 Å². The first kappa shape index (κ1) is 14.9. The van der Waals surface area contributed by atoms with E-state index in [9.17, 15) is 5.11 Å². The van der Waals surface area contributed by atoms with Gasteiger partial charge in [-0.3, -0.25) is 4.68 Å². The minimum absolute atomic E-state index is 0.228. The second-order valence-corrected chi connectivity index (χ2v) is 7.01. The molecule has 108 valence electrons.